The minimum absolute atomic E-state index is 0.0410. The summed E-state index contributed by atoms with van der Waals surface area (Å²) in [5.41, 5.74) is 25.3. The third-order valence-corrected chi connectivity index (χ3v) is 10.7. The Balaban J connectivity index is 2.10. The highest BCUT2D eigenvalue weighted by Crippen LogP contribution is 2.12. The van der Waals surface area contributed by atoms with Gasteiger partial charge in [0.1, 0.15) is 30.2 Å². The molecule has 2 aromatic carbocycles. The smallest absolute Gasteiger partial charge is 0.326 e. The van der Waals surface area contributed by atoms with Gasteiger partial charge in [-0.2, -0.15) is 0 Å². The number of carboxylic acids is 1. The summed E-state index contributed by atoms with van der Waals surface area (Å²) in [5.74, 6) is -4.47. The fourth-order valence-corrected chi connectivity index (χ4v) is 7.13. The van der Waals surface area contributed by atoms with Crippen molar-refractivity contribution in [2.75, 3.05) is 19.6 Å². The van der Waals surface area contributed by atoms with E-state index in [2.05, 4.69) is 31.9 Å². The molecule has 362 valence electrons. The number of unbranched alkanes of at least 4 members (excludes halogenated alkanes) is 2. The van der Waals surface area contributed by atoms with Crippen LogP contribution in [0.1, 0.15) is 103 Å². The third kappa shape index (κ3) is 22.4. The van der Waals surface area contributed by atoms with Crippen LogP contribution in [0.5, 0.6) is 0 Å². The first kappa shape index (κ1) is 55.7. The largest absolute Gasteiger partial charge is 0.480 e. The Kier molecular flexibility index (Phi) is 26.3. The van der Waals surface area contributed by atoms with Gasteiger partial charge in [-0.15, -0.1) is 0 Å². The highest BCUT2D eigenvalue weighted by molar-refractivity contribution is 5.95. The van der Waals surface area contributed by atoms with E-state index < -0.39 is 83.7 Å². The van der Waals surface area contributed by atoms with Crippen LogP contribution < -0.4 is 54.8 Å². The molecule has 0 saturated heterocycles. The zero-order valence-corrected chi connectivity index (χ0v) is 38.7. The summed E-state index contributed by atoms with van der Waals surface area (Å²) in [4.78, 5) is 92.9. The van der Waals surface area contributed by atoms with E-state index in [9.17, 15) is 38.7 Å². The molecule has 0 saturated carbocycles. The summed E-state index contributed by atoms with van der Waals surface area (Å²) in [6.45, 7) is 8.42. The van der Waals surface area contributed by atoms with E-state index in [0.29, 0.717) is 45.1 Å². The molecule has 0 heterocycles. The van der Waals surface area contributed by atoms with E-state index in [1.165, 1.54) is 0 Å². The van der Waals surface area contributed by atoms with Crippen LogP contribution in [0.25, 0.3) is 0 Å². The molecular weight excluding hydrogens is 833 g/mol. The molecule has 0 spiro atoms. The fourth-order valence-electron chi connectivity index (χ4n) is 7.13. The van der Waals surface area contributed by atoms with Gasteiger partial charge in [-0.05, 0) is 107 Å². The molecule has 15 N–H and O–H groups in total. The number of nitrogens with one attached hydrogen (secondary N) is 6. The van der Waals surface area contributed by atoms with Crippen LogP contribution >= 0.6 is 0 Å². The normalized spacial score (nSPS) is 14.5. The summed E-state index contributed by atoms with van der Waals surface area (Å²) in [6, 6.07) is 11.3. The maximum atomic E-state index is 14.0. The molecule has 0 aromatic heterocycles. The predicted molar refractivity (Wildman–Crippen MR) is 250 cm³/mol. The maximum absolute atomic E-state index is 14.0. The van der Waals surface area contributed by atoms with Crippen LogP contribution in [-0.2, 0) is 46.4 Å². The van der Waals surface area contributed by atoms with Crippen molar-refractivity contribution in [2.45, 2.75) is 147 Å². The summed E-state index contributed by atoms with van der Waals surface area (Å²) < 4.78 is 0. The first-order valence-electron chi connectivity index (χ1n) is 23.0. The van der Waals surface area contributed by atoms with Gasteiger partial charge in [0.2, 0.25) is 35.4 Å². The molecule has 0 unspecified atom stereocenters. The molecule has 18 heteroatoms. The number of nitrogens with two attached hydrogens (primary N) is 4. The number of amides is 6. The monoisotopic (exact) mass is 909 g/mol. The van der Waals surface area contributed by atoms with Gasteiger partial charge in [-0.3, -0.25) is 28.8 Å². The second-order valence-electron chi connectivity index (χ2n) is 17.5. The highest BCUT2D eigenvalue weighted by atomic mass is 16.4. The topological polar surface area (TPSA) is 316 Å². The van der Waals surface area contributed by atoms with Gasteiger partial charge in [0, 0.05) is 13.0 Å². The molecule has 0 aliphatic rings. The van der Waals surface area contributed by atoms with Crippen LogP contribution in [0.15, 0.2) is 60.7 Å². The summed E-state index contributed by atoms with van der Waals surface area (Å²) in [5, 5.41) is 26.4. The van der Waals surface area contributed by atoms with Crippen LogP contribution in [0.4, 0.5) is 0 Å². The summed E-state index contributed by atoms with van der Waals surface area (Å²) >= 11 is 0. The number of rotatable bonds is 32. The molecule has 18 nitrogen and oxygen atoms in total. The first-order chi connectivity index (χ1) is 30.9. The van der Waals surface area contributed by atoms with Gasteiger partial charge in [0.15, 0.2) is 0 Å². The van der Waals surface area contributed by atoms with E-state index in [-0.39, 0.29) is 63.5 Å². The number of aliphatic carboxylic acids is 1. The van der Waals surface area contributed by atoms with Crippen LogP contribution in [0, 0.1) is 11.8 Å². The van der Waals surface area contributed by atoms with Crippen LogP contribution in [0.2, 0.25) is 0 Å². The van der Waals surface area contributed by atoms with E-state index in [1.807, 2.05) is 88.4 Å². The second-order valence-corrected chi connectivity index (χ2v) is 17.5. The molecule has 0 aliphatic heterocycles. The van der Waals surface area contributed by atoms with Gasteiger partial charge in [-0.25, -0.2) is 4.79 Å². The predicted octanol–water partition coefficient (Wildman–Crippen LogP) is 0.882. The lowest BCUT2D eigenvalue weighted by atomic mass is 9.99. The van der Waals surface area contributed by atoms with Crippen molar-refractivity contribution in [3.05, 3.63) is 71.8 Å². The van der Waals surface area contributed by atoms with E-state index in [4.69, 9.17) is 22.9 Å². The molecule has 6 amide bonds. The van der Waals surface area contributed by atoms with Gasteiger partial charge in [0.25, 0.3) is 0 Å². The Bertz CT molecular complexity index is 1770. The Morgan fingerprint density at radius 2 is 0.908 bits per heavy atom. The van der Waals surface area contributed by atoms with Crippen molar-refractivity contribution >= 4 is 41.4 Å². The lowest BCUT2D eigenvalue weighted by Gasteiger charge is -2.27. The Morgan fingerprint density at radius 3 is 1.48 bits per heavy atom. The Labute approximate surface area is 384 Å². The summed E-state index contributed by atoms with van der Waals surface area (Å²) in [6.07, 6.45) is 3.74. The molecule has 0 aliphatic carbocycles. The number of benzene rings is 2. The van der Waals surface area contributed by atoms with E-state index in [1.54, 1.807) is 0 Å². The number of hydrogen-bond acceptors (Lipinski definition) is 11. The Morgan fingerprint density at radius 1 is 0.477 bits per heavy atom. The Hall–Kier alpha value is -5.43. The molecule has 7 atom stereocenters. The fraction of sp³-hybridized carbons (Fsp3) is 0.596. The van der Waals surface area contributed by atoms with Crippen molar-refractivity contribution in [1.82, 2.24) is 31.9 Å². The van der Waals surface area contributed by atoms with Gasteiger partial charge >= 0.3 is 5.97 Å². The van der Waals surface area contributed by atoms with Gasteiger partial charge in [-0.1, -0.05) is 88.4 Å². The standard InChI is InChI=1S/C47H76N10O8/c1-30(2)26-34(50)41(58)53-37(22-15-24-49)44(61)55-38(47(64)65)21-12-14-25-52-43(60)36(20-11-13-23-48)54-45(62)39(27-31(3)4)57-46(63)40(29-33-18-9-6-10-19-33)56-42(59)35(51)28-32-16-7-5-8-17-32/h5-10,16-19,30-31,34-40H,11-15,20-29,48-51H2,1-4H3,(H,52,60)(H,53,58)(H,54,62)(H,55,61)(H,56,59)(H,57,63)(H,64,65)/t34-,35-,36-,37-,38-,39-,40-/m1/s1. The van der Waals surface area contributed by atoms with E-state index in [0.717, 1.165) is 11.1 Å². The number of carbonyl (C=O) groups excluding carboxylic acids is 6. The number of carboxylic acid groups (broad SMARTS) is 1. The molecule has 2 aromatic rings. The van der Waals surface area contributed by atoms with Gasteiger partial charge < -0.3 is 59.9 Å². The number of carbonyl (C=O) groups is 7. The van der Waals surface area contributed by atoms with Crippen LogP contribution in [0.3, 0.4) is 0 Å². The molecule has 0 radical (unpaired) electrons. The highest BCUT2D eigenvalue weighted by Gasteiger charge is 2.32. The molecule has 0 bridgehead atoms. The zero-order valence-electron chi connectivity index (χ0n) is 38.7. The second kappa shape index (κ2) is 30.7. The molecule has 65 heavy (non-hydrogen) atoms. The maximum Gasteiger partial charge on any atom is 0.326 e. The lowest BCUT2D eigenvalue weighted by Crippen LogP contribution is -2.58. The molecule has 0 fully saturated rings. The molecule has 2 rings (SSSR count). The van der Waals surface area contributed by atoms with Gasteiger partial charge in [0.05, 0.1) is 12.1 Å². The quantitative estimate of drug-likeness (QED) is 0.0456. The third-order valence-electron chi connectivity index (χ3n) is 10.7. The number of hydrogen-bond donors (Lipinski definition) is 11. The lowest BCUT2D eigenvalue weighted by molar-refractivity contribution is -0.142. The van der Waals surface area contributed by atoms with Crippen LogP contribution in [-0.4, -0.2) is 108 Å². The van der Waals surface area contributed by atoms with Crippen molar-refractivity contribution < 1.29 is 38.7 Å². The minimum Gasteiger partial charge on any atom is -0.480 e. The summed E-state index contributed by atoms with van der Waals surface area (Å²) in [7, 11) is 0. The first-order valence-corrected chi connectivity index (χ1v) is 23.0. The van der Waals surface area contributed by atoms with E-state index >= 15 is 0 Å². The van der Waals surface area contributed by atoms with Crippen molar-refractivity contribution in [3.8, 4) is 0 Å². The average Bonchev–Trinajstić information content (AvgIpc) is 3.26. The minimum atomic E-state index is -1.26. The molecular formula is C47H76N10O8. The average molecular weight is 909 g/mol. The zero-order chi connectivity index (χ0) is 48.3. The van der Waals surface area contributed by atoms with Crippen molar-refractivity contribution in [2.24, 2.45) is 34.8 Å². The van der Waals surface area contributed by atoms with Crippen molar-refractivity contribution in [1.29, 1.82) is 0 Å². The van der Waals surface area contributed by atoms with Crippen molar-refractivity contribution in [3.63, 3.8) is 0 Å². The SMILES string of the molecule is CC(C)C[C@@H](N)C(=O)N[C@H](CCCN)C(=O)N[C@H](CCCCNC(=O)[C@@H](CCCCN)NC(=O)[C@@H](CC(C)C)NC(=O)[C@@H](Cc1ccccc1)NC(=O)[C@H](N)Cc1ccccc1)C(=O)O.